The highest BCUT2D eigenvalue weighted by atomic mass is 32.1. The van der Waals surface area contributed by atoms with Crippen LogP contribution in [0, 0.1) is 6.92 Å². The first-order valence-corrected chi connectivity index (χ1v) is 9.39. The number of hydrogen-bond donors (Lipinski definition) is 2. The summed E-state index contributed by atoms with van der Waals surface area (Å²) in [6.45, 7) is 1.87. The van der Waals surface area contributed by atoms with E-state index in [1.807, 2.05) is 48.0 Å². The average Bonchev–Trinajstić information content (AvgIpc) is 3.28. The second-order valence-corrected chi connectivity index (χ2v) is 7.49. The quantitative estimate of drug-likeness (QED) is 0.418. The SMILES string of the molecule is Cc1cc(Nc2ccc3ncc(-c4cc5ccccc5s4)n3n2)ccc1O. The van der Waals surface area contributed by atoms with Gasteiger partial charge in [-0.05, 0) is 60.3 Å². The molecule has 2 N–H and O–H groups in total. The smallest absolute Gasteiger partial charge is 0.154 e. The third-order valence-electron chi connectivity index (χ3n) is 4.51. The van der Waals surface area contributed by atoms with E-state index in [4.69, 9.17) is 5.10 Å². The molecule has 6 heteroatoms. The number of aromatic nitrogens is 3. The van der Waals surface area contributed by atoms with Gasteiger partial charge < -0.3 is 10.4 Å². The van der Waals surface area contributed by atoms with Crippen LogP contribution in [-0.2, 0) is 0 Å². The van der Waals surface area contributed by atoms with Gasteiger partial charge in [-0.15, -0.1) is 16.4 Å². The van der Waals surface area contributed by atoms with Gasteiger partial charge in [-0.1, -0.05) is 18.2 Å². The number of anilines is 2. The third-order valence-corrected chi connectivity index (χ3v) is 5.65. The van der Waals surface area contributed by atoms with Crippen molar-refractivity contribution in [2.24, 2.45) is 0 Å². The molecule has 5 rings (SSSR count). The molecular weight excluding hydrogens is 356 g/mol. The van der Waals surface area contributed by atoms with Gasteiger partial charge in [0.15, 0.2) is 11.5 Å². The minimum Gasteiger partial charge on any atom is -0.508 e. The summed E-state index contributed by atoms with van der Waals surface area (Å²) in [5.74, 6) is 0.999. The fourth-order valence-corrected chi connectivity index (χ4v) is 4.16. The maximum absolute atomic E-state index is 9.69. The van der Waals surface area contributed by atoms with E-state index >= 15 is 0 Å². The number of fused-ring (bicyclic) bond motifs is 2. The molecule has 0 bridgehead atoms. The number of thiophene rings is 1. The second-order valence-electron chi connectivity index (χ2n) is 6.41. The zero-order valence-electron chi connectivity index (χ0n) is 14.5. The summed E-state index contributed by atoms with van der Waals surface area (Å²) in [6.07, 6.45) is 1.86. The molecule has 132 valence electrons. The first-order valence-electron chi connectivity index (χ1n) is 8.58. The monoisotopic (exact) mass is 372 g/mol. The van der Waals surface area contributed by atoms with E-state index in [0.29, 0.717) is 5.82 Å². The summed E-state index contributed by atoms with van der Waals surface area (Å²) in [5.41, 5.74) is 3.46. The zero-order valence-corrected chi connectivity index (χ0v) is 15.4. The number of imidazole rings is 1. The van der Waals surface area contributed by atoms with Gasteiger partial charge in [-0.2, -0.15) is 0 Å². The van der Waals surface area contributed by atoms with Crippen LogP contribution in [0.5, 0.6) is 5.75 Å². The van der Waals surface area contributed by atoms with Gasteiger partial charge in [-0.25, -0.2) is 9.50 Å². The molecule has 0 aliphatic rings. The van der Waals surface area contributed by atoms with Crippen LogP contribution >= 0.6 is 11.3 Å². The number of phenolic OH excluding ortho intramolecular Hbond substituents is 1. The summed E-state index contributed by atoms with van der Waals surface area (Å²) in [4.78, 5) is 5.62. The average molecular weight is 372 g/mol. The number of nitrogens with one attached hydrogen (secondary N) is 1. The van der Waals surface area contributed by atoms with E-state index in [1.54, 1.807) is 17.4 Å². The minimum absolute atomic E-state index is 0.283. The fraction of sp³-hybridized carbons (Fsp3) is 0.0476. The van der Waals surface area contributed by atoms with Gasteiger partial charge in [0.05, 0.1) is 11.1 Å². The second kappa shape index (κ2) is 6.10. The van der Waals surface area contributed by atoms with Crippen molar-refractivity contribution in [3.63, 3.8) is 0 Å². The Kier molecular flexibility index (Phi) is 3.58. The molecule has 3 heterocycles. The molecule has 0 saturated carbocycles. The Labute approximate surface area is 159 Å². The van der Waals surface area contributed by atoms with E-state index in [9.17, 15) is 5.11 Å². The van der Waals surface area contributed by atoms with Crippen LogP contribution in [0.1, 0.15) is 5.56 Å². The molecule has 5 aromatic rings. The van der Waals surface area contributed by atoms with E-state index in [0.717, 1.165) is 27.5 Å². The molecule has 5 nitrogen and oxygen atoms in total. The van der Waals surface area contributed by atoms with Crippen molar-refractivity contribution < 1.29 is 5.11 Å². The van der Waals surface area contributed by atoms with Gasteiger partial charge in [0.1, 0.15) is 11.4 Å². The first-order chi connectivity index (χ1) is 13.2. The van der Waals surface area contributed by atoms with Crippen molar-refractivity contribution in [2.75, 3.05) is 5.32 Å². The predicted molar refractivity (Wildman–Crippen MR) is 110 cm³/mol. The minimum atomic E-state index is 0.283. The molecule has 0 fully saturated rings. The van der Waals surface area contributed by atoms with Gasteiger partial charge in [0.2, 0.25) is 0 Å². The van der Waals surface area contributed by atoms with Gasteiger partial charge in [-0.3, -0.25) is 0 Å². The number of phenols is 1. The van der Waals surface area contributed by atoms with Crippen molar-refractivity contribution >= 4 is 38.6 Å². The lowest BCUT2D eigenvalue weighted by Gasteiger charge is -2.08. The van der Waals surface area contributed by atoms with Crippen LogP contribution in [0.25, 0.3) is 26.3 Å². The molecule has 0 aliphatic carbocycles. The van der Waals surface area contributed by atoms with Crippen LogP contribution in [0.15, 0.2) is 66.9 Å². The highest BCUT2D eigenvalue weighted by Gasteiger charge is 2.11. The van der Waals surface area contributed by atoms with Crippen molar-refractivity contribution in [1.29, 1.82) is 0 Å². The number of aryl methyl sites for hydroxylation is 1. The molecule has 2 aromatic carbocycles. The Morgan fingerprint density at radius 1 is 1.04 bits per heavy atom. The summed E-state index contributed by atoms with van der Waals surface area (Å²) in [6, 6.07) is 19.8. The van der Waals surface area contributed by atoms with Gasteiger partial charge in [0.25, 0.3) is 0 Å². The lowest BCUT2D eigenvalue weighted by Crippen LogP contribution is -2.00. The number of rotatable bonds is 3. The third kappa shape index (κ3) is 2.80. The Morgan fingerprint density at radius 3 is 2.78 bits per heavy atom. The molecule has 0 saturated heterocycles. The van der Waals surface area contributed by atoms with E-state index in [-0.39, 0.29) is 5.75 Å². The largest absolute Gasteiger partial charge is 0.508 e. The molecule has 0 unspecified atom stereocenters. The Morgan fingerprint density at radius 2 is 1.93 bits per heavy atom. The zero-order chi connectivity index (χ0) is 18.4. The topological polar surface area (TPSA) is 62.5 Å². The summed E-state index contributed by atoms with van der Waals surface area (Å²) in [7, 11) is 0. The number of nitrogens with zero attached hydrogens (tertiary/aromatic N) is 3. The lowest BCUT2D eigenvalue weighted by atomic mass is 10.2. The summed E-state index contributed by atoms with van der Waals surface area (Å²) < 4.78 is 3.11. The van der Waals surface area contributed by atoms with Crippen molar-refractivity contribution in [1.82, 2.24) is 14.6 Å². The van der Waals surface area contributed by atoms with Crippen LogP contribution in [0.3, 0.4) is 0 Å². The predicted octanol–water partition coefficient (Wildman–Crippen LogP) is 5.37. The summed E-state index contributed by atoms with van der Waals surface area (Å²) in [5, 5.41) is 18.9. The highest BCUT2D eigenvalue weighted by Crippen LogP contribution is 2.33. The summed E-state index contributed by atoms with van der Waals surface area (Å²) >= 11 is 1.73. The standard InChI is InChI=1S/C21H16N4OS/c1-13-10-15(6-7-17(13)26)23-20-8-9-21-22-12-16(25(21)24-20)19-11-14-4-2-3-5-18(14)27-19/h2-12,26H,1H3,(H,23,24). The Balaban J connectivity index is 1.56. The lowest BCUT2D eigenvalue weighted by molar-refractivity contribution is 0.471. The molecule has 0 spiro atoms. The normalized spacial score (nSPS) is 11.3. The molecular formula is C21H16N4OS. The van der Waals surface area contributed by atoms with Crippen LogP contribution in [0.4, 0.5) is 11.5 Å². The van der Waals surface area contributed by atoms with Crippen LogP contribution in [0.2, 0.25) is 0 Å². The fourth-order valence-electron chi connectivity index (χ4n) is 3.10. The molecule has 0 radical (unpaired) electrons. The maximum Gasteiger partial charge on any atom is 0.154 e. The molecule has 0 aliphatic heterocycles. The van der Waals surface area contributed by atoms with Gasteiger partial charge >= 0.3 is 0 Å². The number of benzene rings is 2. The number of aromatic hydroxyl groups is 1. The van der Waals surface area contributed by atoms with Crippen LogP contribution in [-0.4, -0.2) is 19.7 Å². The number of hydrogen-bond acceptors (Lipinski definition) is 5. The molecule has 27 heavy (non-hydrogen) atoms. The first kappa shape index (κ1) is 15.8. The van der Waals surface area contributed by atoms with Crippen molar-refractivity contribution in [3.05, 3.63) is 72.4 Å². The van der Waals surface area contributed by atoms with Crippen molar-refractivity contribution in [2.45, 2.75) is 6.92 Å². The molecule has 0 atom stereocenters. The Bertz CT molecular complexity index is 1260. The molecule has 0 amide bonds. The Hall–Kier alpha value is -3.38. The van der Waals surface area contributed by atoms with E-state index < -0.39 is 0 Å². The van der Waals surface area contributed by atoms with E-state index in [2.05, 4.69) is 34.6 Å². The highest BCUT2D eigenvalue weighted by molar-refractivity contribution is 7.22. The van der Waals surface area contributed by atoms with Gasteiger partial charge in [0, 0.05) is 10.4 Å². The van der Waals surface area contributed by atoms with Crippen molar-refractivity contribution in [3.8, 4) is 16.3 Å². The van der Waals surface area contributed by atoms with Crippen LogP contribution < -0.4 is 5.32 Å². The molecule has 3 aromatic heterocycles. The van der Waals surface area contributed by atoms with E-state index in [1.165, 1.54) is 10.1 Å². The maximum atomic E-state index is 9.69.